The SMILES string of the molecule is Nc1c(Br)cc(C(=O)OCCCCCOC(=O)Cc2ccccc2Nc2c(Cl)cccc2Cl)cc1CNC1CCCCC1. The lowest BCUT2D eigenvalue weighted by Crippen LogP contribution is -2.30. The summed E-state index contributed by atoms with van der Waals surface area (Å²) in [5.74, 6) is -0.704. The summed E-state index contributed by atoms with van der Waals surface area (Å²) in [7, 11) is 0. The summed E-state index contributed by atoms with van der Waals surface area (Å²) in [6.07, 6.45) is 8.35. The molecule has 1 aliphatic carbocycles. The molecule has 4 N–H and O–H groups in total. The number of carbonyl (C=O) groups is 2. The number of nitrogen functional groups attached to an aromatic ring is 1. The highest BCUT2D eigenvalue weighted by Gasteiger charge is 2.17. The molecule has 1 fully saturated rings. The van der Waals surface area contributed by atoms with Gasteiger partial charge in [-0.3, -0.25) is 4.79 Å². The number of para-hydroxylation sites is 2. The van der Waals surface area contributed by atoms with Gasteiger partial charge in [-0.1, -0.05) is 66.7 Å². The fraction of sp³-hybridized carbons (Fsp3) is 0.394. The standard InChI is InChI=1S/C33H38BrCl2N3O4/c34-26-19-23(18-24(31(26)37)21-38-25-11-3-1-4-12-25)33(41)43-17-8-2-7-16-42-30(40)20-22-10-5-6-15-29(22)39-32-27(35)13-9-14-28(32)36/h5-6,9-10,13-15,18-19,25,38-39H,1-4,7-8,11-12,16-17,20-21,37H2. The van der Waals surface area contributed by atoms with Crippen molar-refractivity contribution in [3.05, 3.63) is 85.8 Å². The molecule has 230 valence electrons. The van der Waals surface area contributed by atoms with E-state index >= 15 is 0 Å². The van der Waals surface area contributed by atoms with Crippen molar-refractivity contribution < 1.29 is 19.1 Å². The van der Waals surface area contributed by atoms with E-state index in [1.807, 2.05) is 30.3 Å². The summed E-state index contributed by atoms with van der Waals surface area (Å²) in [4.78, 5) is 25.2. The van der Waals surface area contributed by atoms with Gasteiger partial charge in [0.25, 0.3) is 0 Å². The highest BCUT2D eigenvalue weighted by atomic mass is 79.9. The Bertz CT molecular complexity index is 1380. The van der Waals surface area contributed by atoms with Crippen LogP contribution in [0.15, 0.2) is 59.1 Å². The second-order valence-electron chi connectivity index (χ2n) is 10.7. The molecule has 0 aliphatic heterocycles. The lowest BCUT2D eigenvalue weighted by Gasteiger charge is -2.23. The number of nitrogens with two attached hydrogens (primary N) is 1. The molecule has 0 radical (unpaired) electrons. The van der Waals surface area contributed by atoms with E-state index < -0.39 is 0 Å². The molecule has 4 rings (SSSR count). The Morgan fingerprint density at radius 2 is 1.58 bits per heavy atom. The van der Waals surface area contributed by atoms with Crippen LogP contribution in [0.25, 0.3) is 0 Å². The predicted molar refractivity (Wildman–Crippen MR) is 177 cm³/mol. The third kappa shape index (κ3) is 10.1. The van der Waals surface area contributed by atoms with Gasteiger partial charge in [-0.25, -0.2) is 4.79 Å². The van der Waals surface area contributed by atoms with Gasteiger partial charge in [-0.15, -0.1) is 0 Å². The molecule has 0 amide bonds. The fourth-order valence-electron chi connectivity index (χ4n) is 5.07. The number of benzene rings is 3. The van der Waals surface area contributed by atoms with Gasteiger partial charge in [0.2, 0.25) is 0 Å². The molecule has 0 aromatic heterocycles. The maximum absolute atomic E-state index is 12.7. The van der Waals surface area contributed by atoms with Crippen LogP contribution < -0.4 is 16.4 Å². The first-order valence-corrected chi connectivity index (χ1v) is 16.3. The molecule has 3 aromatic rings. The highest BCUT2D eigenvalue weighted by Crippen LogP contribution is 2.34. The van der Waals surface area contributed by atoms with Crippen LogP contribution in [0.1, 0.15) is 72.9 Å². The van der Waals surface area contributed by atoms with E-state index in [2.05, 4.69) is 26.6 Å². The van der Waals surface area contributed by atoms with Gasteiger partial charge in [0.05, 0.1) is 46.6 Å². The minimum absolute atomic E-state index is 0.109. The van der Waals surface area contributed by atoms with Gasteiger partial charge in [0.1, 0.15) is 0 Å². The van der Waals surface area contributed by atoms with Crippen LogP contribution in [0.5, 0.6) is 0 Å². The fourth-order valence-corrected chi connectivity index (χ4v) is 6.06. The monoisotopic (exact) mass is 689 g/mol. The Morgan fingerprint density at radius 3 is 2.33 bits per heavy atom. The maximum Gasteiger partial charge on any atom is 0.338 e. The van der Waals surface area contributed by atoms with Crippen LogP contribution in [-0.4, -0.2) is 31.2 Å². The smallest absolute Gasteiger partial charge is 0.338 e. The summed E-state index contributed by atoms with van der Waals surface area (Å²) >= 11 is 16.1. The Labute approximate surface area is 271 Å². The third-order valence-electron chi connectivity index (χ3n) is 7.50. The van der Waals surface area contributed by atoms with Crippen molar-refractivity contribution >= 4 is 68.1 Å². The molecule has 7 nitrogen and oxygen atoms in total. The second-order valence-corrected chi connectivity index (χ2v) is 12.4. The number of nitrogens with one attached hydrogen (secondary N) is 2. The number of hydrogen-bond acceptors (Lipinski definition) is 7. The lowest BCUT2D eigenvalue weighted by atomic mass is 9.95. The number of rotatable bonds is 14. The van der Waals surface area contributed by atoms with Crippen molar-refractivity contribution in [3.63, 3.8) is 0 Å². The van der Waals surface area contributed by atoms with Gasteiger partial charge in [0.15, 0.2) is 0 Å². The number of carbonyl (C=O) groups excluding carboxylic acids is 2. The normalized spacial score (nSPS) is 13.5. The molecule has 0 saturated heterocycles. The van der Waals surface area contributed by atoms with Gasteiger partial charge in [0, 0.05) is 22.7 Å². The third-order valence-corrected chi connectivity index (χ3v) is 8.78. The lowest BCUT2D eigenvalue weighted by molar-refractivity contribution is -0.142. The molecule has 0 unspecified atom stereocenters. The van der Waals surface area contributed by atoms with E-state index in [1.165, 1.54) is 32.1 Å². The first kappa shape index (κ1) is 33.1. The van der Waals surface area contributed by atoms with Crippen molar-refractivity contribution in [1.29, 1.82) is 0 Å². The zero-order chi connectivity index (χ0) is 30.6. The summed E-state index contributed by atoms with van der Waals surface area (Å²) < 4.78 is 11.6. The molecular weight excluding hydrogens is 653 g/mol. The molecule has 0 heterocycles. The number of hydrogen-bond donors (Lipinski definition) is 3. The number of unbranched alkanes of at least 4 members (excludes halogenated alkanes) is 2. The van der Waals surface area contributed by atoms with Gasteiger partial charge in [-0.05, 0) is 89.5 Å². The molecule has 0 atom stereocenters. The van der Waals surface area contributed by atoms with E-state index in [9.17, 15) is 9.59 Å². The van der Waals surface area contributed by atoms with Crippen LogP contribution in [0.3, 0.4) is 0 Å². The van der Waals surface area contributed by atoms with Gasteiger partial charge >= 0.3 is 11.9 Å². The van der Waals surface area contributed by atoms with Crippen molar-refractivity contribution in [3.8, 4) is 0 Å². The highest BCUT2D eigenvalue weighted by molar-refractivity contribution is 9.10. The minimum atomic E-state index is -0.378. The van der Waals surface area contributed by atoms with Gasteiger partial charge in [-0.2, -0.15) is 0 Å². The van der Waals surface area contributed by atoms with Crippen LogP contribution >= 0.6 is 39.1 Å². The molecule has 1 saturated carbocycles. The van der Waals surface area contributed by atoms with Crippen molar-refractivity contribution in [2.24, 2.45) is 0 Å². The zero-order valence-corrected chi connectivity index (χ0v) is 27.2. The number of ether oxygens (including phenoxy) is 2. The summed E-state index contributed by atoms with van der Waals surface area (Å²) in [5.41, 5.74) is 10.4. The molecule has 10 heteroatoms. The average Bonchev–Trinajstić information content (AvgIpc) is 3.00. The van der Waals surface area contributed by atoms with Crippen LogP contribution in [0.2, 0.25) is 10.0 Å². The molecule has 43 heavy (non-hydrogen) atoms. The minimum Gasteiger partial charge on any atom is -0.465 e. The Balaban J connectivity index is 1.15. The van der Waals surface area contributed by atoms with Gasteiger partial charge < -0.3 is 25.8 Å². The van der Waals surface area contributed by atoms with E-state index in [0.29, 0.717) is 63.5 Å². The Kier molecular flexibility index (Phi) is 13.0. The largest absolute Gasteiger partial charge is 0.465 e. The van der Waals surface area contributed by atoms with E-state index in [0.717, 1.165) is 23.2 Å². The molecular formula is C33H38BrCl2N3O4. The predicted octanol–water partition coefficient (Wildman–Crippen LogP) is 8.62. The summed E-state index contributed by atoms with van der Waals surface area (Å²) in [5, 5.41) is 7.79. The van der Waals surface area contributed by atoms with Crippen molar-refractivity contribution in [2.45, 2.75) is 70.4 Å². The van der Waals surface area contributed by atoms with E-state index in [-0.39, 0.29) is 25.0 Å². The average molecular weight is 691 g/mol. The van der Waals surface area contributed by atoms with Crippen molar-refractivity contribution in [2.75, 3.05) is 24.3 Å². The first-order chi connectivity index (χ1) is 20.8. The van der Waals surface area contributed by atoms with Crippen LogP contribution in [0.4, 0.5) is 17.1 Å². The second kappa shape index (κ2) is 16.9. The molecule has 3 aromatic carbocycles. The maximum atomic E-state index is 12.7. The number of halogens is 3. The van der Waals surface area contributed by atoms with Crippen molar-refractivity contribution in [1.82, 2.24) is 5.32 Å². The molecule has 0 bridgehead atoms. The quantitative estimate of drug-likeness (QED) is 0.0884. The zero-order valence-electron chi connectivity index (χ0n) is 24.1. The van der Waals surface area contributed by atoms with Crippen LogP contribution in [0, 0.1) is 0 Å². The molecule has 0 spiro atoms. The van der Waals surface area contributed by atoms with Crippen LogP contribution in [-0.2, 0) is 27.2 Å². The topological polar surface area (TPSA) is 103 Å². The summed E-state index contributed by atoms with van der Waals surface area (Å²) in [6.45, 7) is 1.20. The first-order valence-electron chi connectivity index (χ1n) is 14.7. The Morgan fingerprint density at radius 1 is 0.884 bits per heavy atom. The number of esters is 2. The Hall–Kier alpha value is -2.78. The van der Waals surface area contributed by atoms with E-state index in [1.54, 1.807) is 24.3 Å². The summed E-state index contributed by atoms with van der Waals surface area (Å²) in [6, 6.07) is 16.7. The number of anilines is 3. The molecule has 1 aliphatic rings. The van der Waals surface area contributed by atoms with E-state index in [4.69, 9.17) is 38.4 Å².